The summed E-state index contributed by atoms with van der Waals surface area (Å²) in [5.74, 6) is -0.745. The molecule has 0 aliphatic heterocycles. The highest BCUT2D eigenvalue weighted by atomic mass is 32.2. The number of hydrogen-bond donors (Lipinski definition) is 2. The van der Waals surface area contributed by atoms with Gasteiger partial charge in [0.05, 0.1) is 0 Å². The van der Waals surface area contributed by atoms with Crippen LogP contribution in [0.1, 0.15) is 19.4 Å². The molecule has 0 amide bonds. The number of sulfonamides is 1. The first-order chi connectivity index (χ1) is 9.60. The summed E-state index contributed by atoms with van der Waals surface area (Å²) in [4.78, 5) is 1.59. The molecule has 0 aliphatic carbocycles. The second-order valence-electron chi connectivity index (χ2n) is 5.83. The Balaban J connectivity index is 3.00. The van der Waals surface area contributed by atoms with E-state index in [-0.39, 0.29) is 17.0 Å². The lowest BCUT2D eigenvalue weighted by Gasteiger charge is -2.32. The van der Waals surface area contributed by atoms with Crippen LogP contribution >= 0.6 is 0 Å². The second-order valence-corrected chi connectivity index (χ2v) is 7.56. The monoisotopic (exact) mass is 317 g/mol. The van der Waals surface area contributed by atoms with E-state index >= 15 is 0 Å². The fraction of sp³-hybridized carbons (Fsp3) is 0.571. The molecule has 1 rings (SSSR count). The Morgan fingerprint density at radius 2 is 1.90 bits per heavy atom. The van der Waals surface area contributed by atoms with E-state index in [4.69, 9.17) is 0 Å². The van der Waals surface area contributed by atoms with Crippen molar-refractivity contribution < 1.29 is 12.8 Å². The predicted molar refractivity (Wildman–Crippen MR) is 82.1 cm³/mol. The number of nitrogens with zero attached hydrogens (tertiary/aromatic N) is 1. The maximum atomic E-state index is 13.8. The number of benzene rings is 1. The van der Waals surface area contributed by atoms with Gasteiger partial charge in [-0.3, -0.25) is 0 Å². The highest BCUT2D eigenvalue weighted by Gasteiger charge is 2.26. The Bertz CT molecular complexity index is 586. The Hall–Kier alpha value is -1.02. The van der Waals surface area contributed by atoms with Gasteiger partial charge in [-0.2, -0.15) is 0 Å². The van der Waals surface area contributed by atoms with E-state index in [9.17, 15) is 12.8 Å². The minimum absolute atomic E-state index is 0.192. The standard InChI is InChI=1S/C14H24FN3O2S/c1-14(2,18(4)5)10-17-21(19,20)13-8-11(9-16-3)6-7-12(13)15/h6-8,16-17H,9-10H2,1-5H3. The van der Waals surface area contributed by atoms with Crippen LogP contribution in [-0.4, -0.2) is 46.5 Å². The van der Waals surface area contributed by atoms with Crippen molar-refractivity contribution in [3.8, 4) is 0 Å². The van der Waals surface area contributed by atoms with Crippen molar-refractivity contribution in [1.29, 1.82) is 0 Å². The Morgan fingerprint density at radius 3 is 2.43 bits per heavy atom. The summed E-state index contributed by atoms with van der Waals surface area (Å²) in [6.07, 6.45) is 0. The molecule has 0 unspecified atom stereocenters. The predicted octanol–water partition coefficient (Wildman–Crippen LogP) is 1.16. The molecule has 0 saturated carbocycles. The number of likely N-dealkylation sites (N-methyl/N-ethyl adjacent to an activating group) is 1. The first-order valence-corrected chi connectivity index (χ1v) is 8.18. The smallest absolute Gasteiger partial charge is 0.243 e. The van der Waals surface area contributed by atoms with Gasteiger partial charge < -0.3 is 10.2 Å². The van der Waals surface area contributed by atoms with Crippen LogP contribution in [-0.2, 0) is 16.6 Å². The van der Waals surface area contributed by atoms with Gasteiger partial charge in [-0.25, -0.2) is 17.5 Å². The van der Waals surface area contributed by atoms with Crippen molar-refractivity contribution in [2.24, 2.45) is 0 Å². The molecule has 0 bridgehead atoms. The topological polar surface area (TPSA) is 61.4 Å². The van der Waals surface area contributed by atoms with E-state index < -0.39 is 15.8 Å². The van der Waals surface area contributed by atoms with Crippen LogP contribution in [0.25, 0.3) is 0 Å². The highest BCUT2D eigenvalue weighted by molar-refractivity contribution is 7.89. The van der Waals surface area contributed by atoms with Gasteiger partial charge in [-0.1, -0.05) is 6.07 Å². The molecule has 0 heterocycles. The van der Waals surface area contributed by atoms with Crippen LogP contribution < -0.4 is 10.0 Å². The molecule has 0 radical (unpaired) electrons. The minimum Gasteiger partial charge on any atom is -0.316 e. The summed E-state index contributed by atoms with van der Waals surface area (Å²) in [6.45, 7) is 4.48. The molecule has 2 N–H and O–H groups in total. The molecule has 120 valence electrons. The van der Waals surface area contributed by atoms with Gasteiger partial charge in [0.15, 0.2) is 0 Å². The van der Waals surface area contributed by atoms with Crippen LogP contribution in [0.2, 0.25) is 0 Å². The fourth-order valence-electron chi connectivity index (χ4n) is 1.58. The molecular formula is C14H24FN3O2S. The zero-order chi connectivity index (χ0) is 16.3. The average Bonchev–Trinajstić information content (AvgIpc) is 2.39. The van der Waals surface area contributed by atoms with Gasteiger partial charge in [0, 0.05) is 18.6 Å². The SMILES string of the molecule is CNCc1ccc(F)c(S(=O)(=O)NCC(C)(C)N(C)C)c1. The first-order valence-electron chi connectivity index (χ1n) is 6.70. The molecule has 0 fully saturated rings. The summed E-state index contributed by atoms with van der Waals surface area (Å²) in [7, 11) is 1.59. The Kier molecular flexibility index (Phi) is 5.86. The second kappa shape index (κ2) is 6.83. The molecule has 0 spiro atoms. The lowest BCUT2D eigenvalue weighted by atomic mass is 10.1. The lowest BCUT2D eigenvalue weighted by molar-refractivity contribution is 0.199. The van der Waals surface area contributed by atoms with Crippen LogP contribution in [0.15, 0.2) is 23.1 Å². The van der Waals surface area contributed by atoms with Crippen LogP contribution in [0.5, 0.6) is 0 Å². The summed E-state index contributed by atoms with van der Waals surface area (Å²) < 4.78 is 40.9. The zero-order valence-electron chi connectivity index (χ0n) is 13.2. The molecule has 21 heavy (non-hydrogen) atoms. The molecule has 1 aromatic carbocycles. The number of halogens is 1. The Labute approximate surface area is 126 Å². The summed E-state index contributed by atoms with van der Waals surface area (Å²) in [5, 5.41) is 2.91. The van der Waals surface area contributed by atoms with Gasteiger partial charge in [0.2, 0.25) is 10.0 Å². The highest BCUT2D eigenvalue weighted by Crippen LogP contribution is 2.17. The molecule has 1 aromatic rings. The molecule has 5 nitrogen and oxygen atoms in total. The molecule has 7 heteroatoms. The van der Waals surface area contributed by atoms with E-state index in [0.717, 1.165) is 0 Å². The van der Waals surface area contributed by atoms with Crippen molar-refractivity contribution in [2.75, 3.05) is 27.7 Å². The van der Waals surface area contributed by atoms with Crippen molar-refractivity contribution in [3.05, 3.63) is 29.6 Å². The maximum absolute atomic E-state index is 13.8. The van der Waals surface area contributed by atoms with Crippen LogP contribution in [0, 0.1) is 5.82 Å². The van der Waals surface area contributed by atoms with Crippen LogP contribution in [0.4, 0.5) is 4.39 Å². The quantitative estimate of drug-likeness (QED) is 0.792. The van der Waals surface area contributed by atoms with Gasteiger partial charge in [-0.15, -0.1) is 0 Å². The largest absolute Gasteiger partial charge is 0.316 e. The van der Waals surface area contributed by atoms with E-state index in [0.29, 0.717) is 12.1 Å². The van der Waals surface area contributed by atoms with E-state index in [1.165, 1.54) is 12.1 Å². The molecule has 0 atom stereocenters. The zero-order valence-corrected chi connectivity index (χ0v) is 14.0. The molecule has 0 aromatic heterocycles. The summed E-state index contributed by atoms with van der Waals surface area (Å²) in [5.41, 5.74) is 0.345. The van der Waals surface area contributed by atoms with Crippen molar-refractivity contribution in [3.63, 3.8) is 0 Å². The normalized spacial score (nSPS) is 12.9. The fourth-order valence-corrected chi connectivity index (χ4v) is 2.91. The summed E-state index contributed by atoms with van der Waals surface area (Å²) >= 11 is 0. The minimum atomic E-state index is -3.88. The Morgan fingerprint density at radius 1 is 1.29 bits per heavy atom. The molecular weight excluding hydrogens is 293 g/mol. The van der Waals surface area contributed by atoms with Crippen molar-refractivity contribution >= 4 is 10.0 Å². The third-order valence-corrected chi connectivity index (χ3v) is 4.99. The van der Waals surface area contributed by atoms with Crippen LogP contribution in [0.3, 0.4) is 0 Å². The third kappa shape index (κ3) is 4.74. The average molecular weight is 317 g/mol. The van der Waals surface area contributed by atoms with Gasteiger partial charge in [0.25, 0.3) is 0 Å². The van der Waals surface area contributed by atoms with Gasteiger partial charge in [-0.05, 0) is 52.7 Å². The van der Waals surface area contributed by atoms with E-state index in [1.54, 1.807) is 13.1 Å². The lowest BCUT2D eigenvalue weighted by Crippen LogP contribution is -2.48. The summed E-state index contributed by atoms with van der Waals surface area (Å²) in [6, 6.07) is 4.10. The number of hydrogen-bond acceptors (Lipinski definition) is 4. The molecule has 0 saturated heterocycles. The van der Waals surface area contributed by atoms with Crippen molar-refractivity contribution in [1.82, 2.24) is 14.9 Å². The van der Waals surface area contributed by atoms with Crippen molar-refractivity contribution in [2.45, 2.75) is 30.8 Å². The maximum Gasteiger partial charge on any atom is 0.243 e. The van der Waals surface area contributed by atoms with E-state index in [2.05, 4.69) is 10.0 Å². The van der Waals surface area contributed by atoms with Gasteiger partial charge >= 0.3 is 0 Å². The first kappa shape index (κ1) is 18.0. The molecule has 0 aliphatic rings. The van der Waals surface area contributed by atoms with Gasteiger partial charge in [0.1, 0.15) is 10.7 Å². The number of rotatable bonds is 7. The third-order valence-electron chi connectivity index (χ3n) is 3.57. The number of nitrogens with one attached hydrogen (secondary N) is 2. The van der Waals surface area contributed by atoms with E-state index in [1.807, 2.05) is 32.8 Å².